The van der Waals surface area contributed by atoms with Crippen molar-refractivity contribution in [2.24, 2.45) is 0 Å². The number of aryl methyl sites for hydroxylation is 2. The number of rotatable bonds is 9. The molecule has 1 aliphatic rings. The molecule has 0 radical (unpaired) electrons. The van der Waals surface area contributed by atoms with Gasteiger partial charge in [0.25, 0.3) is 0 Å². The monoisotopic (exact) mass is 441 g/mol. The Balaban J connectivity index is 1.13. The summed E-state index contributed by atoms with van der Waals surface area (Å²) in [6.07, 6.45) is -0.510. The van der Waals surface area contributed by atoms with E-state index in [1.54, 1.807) is 11.3 Å². The van der Waals surface area contributed by atoms with Crippen molar-refractivity contribution in [3.63, 3.8) is 0 Å². The quantitative estimate of drug-likeness (QED) is 0.550. The third-order valence-corrected chi connectivity index (χ3v) is 6.49. The molecule has 0 aliphatic carbocycles. The molecule has 166 valence electrons. The number of aromatic nitrogens is 1. The maximum atomic E-state index is 10.4. The van der Waals surface area contributed by atoms with Gasteiger partial charge in [-0.15, -0.1) is 11.3 Å². The molecular formula is C24H31N3O3S. The number of ether oxygens (including phenoxy) is 2. The van der Waals surface area contributed by atoms with E-state index in [1.807, 2.05) is 37.3 Å². The SMILES string of the molecule is Cc1ccc(OCCN2CCN(C[C@@H](O)COc3ccc4sc(C)nc4c3)CC2)cc1. The van der Waals surface area contributed by atoms with Crippen LogP contribution in [0.25, 0.3) is 10.2 Å². The van der Waals surface area contributed by atoms with Crippen LogP contribution in [0.5, 0.6) is 11.5 Å². The average molecular weight is 442 g/mol. The summed E-state index contributed by atoms with van der Waals surface area (Å²) in [4.78, 5) is 9.22. The summed E-state index contributed by atoms with van der Waals surface area (Å²) >= 11 is 1.68. The third-order valence-electron chi connectivity index (χ3n) is 5.54. The van der Waals surface area contributed by atoms with Crippen molar-refractivity contribution in [3.05, 3.63) is 53.0 Å². The molecule has 4 rings (SSSR count). The summed E-state index contributed by atoms with van der Waals surface area (Å²) in [6.45, 7) is 10.5. The number of β-amino-alcohol motifs (C(OH)–C–C–N with tert-alkyl or cyclic N) is 1. The molecule has 1 fully saturated rings. The largest absolute Gasteiger partial charge is 0.492 e. The Kier molecular flexibility index (Phi) is 7.40. The van der Waals surface area contributed by atoms with Crippen molar-refractivity contribution < 1.29 is 14.6 Å². The zero-order valence-corrected chi connectivity index (χ0v) is 19.1. The molecule has 3 aromatic rings. The van der Waals surface area contributed by atoms with Crippen LogP contribution in [-0.2, 0) is 0 Å². The summed E-state index contributed by atoms with van der Waals surface area (Å²) in [6, 6.07) is 14.1. The summed E-state index contributed by atoms with van der Waals surface area (Å²) in [5.74, 6) is 1.69. The lowest BCUT2D eigenvalue weighted by molar-refractivity contribution is 0.0436. The molecule has 0 unspecified atom stereocenters. The Morgan fingerprint density at radius 3 is 2.45 bits per heavy atom. The minimum Gasteiger partial charge on any atom is -0.492 e. The van der Waals surface area contributed by atoms with E-state index in [1.165, 1.54) is 5.56 Å². The number of piperazine rings is 1. The van der Waals surface area contributed by atoms with E-state index < -0.39 is 6.10 Å². The van der Waals surface area contributed by atoms with E-state index in [2.05, 4.69) is 33.8 Å². The van der Waals surface area contributed by atoms with Gasteiger partial charge in [-0.25, -0.2) is 4.98 Å². The van der Waals surface area contributed by atoms with Gasteiger partial charge in [0.05, 0.1) is 15.2 Å². The van der Waals surface area contributed by atoms with Crippen LogP contribution in [0.15, 0.2) is 42.5 Å². The number of fused-ring (bicyclic) bond motifs is 1. The second-order valence-electron chi connectivity index (χ2n) is 8.13. The van der Waals surface area contributed by atoms with Crippen LogP contribution < -0.4 is 9.47 Å². The van der Waals surface area contributed by atoms with Crippen molar-refractivity contribution in [1.29, 1.82) is 0 Å². The first-order valence-corrected chi connectivity index (χ1v) is 11.7. The molecular weight excluding hydrogens is 410 g/mol. The van der Waals surface area contributed by atoms with Crippen molar-refractivity contribution in [2.75, 3.05) is 52.5 Å². The number of thiazole rings is 1. The molecule has 2 heterocycles. The molecule has 1 aliphatic heterocycles. The highest BCUT2D eigenvalue weighted by atomic mass is 32.1. The van der Waals surface area contributed by atoms with Gasteiger partial charge in [-0.3, -0.25) is 9.80 Å². The number of benzene rings is 2. The molecule has 2 aromatic carbocycles. The molecule has 6 nitrogen and oxygen atoms in total. The van der Waals surface area contributed by atoms with E-state index >= 15 is 0 Å². The van der Waals surface area contributed by atoms with Gasteiger partial charge in [0.2, 0.25) is 0 Å². The predicted octanol–water partition coefficient (Wildman–Crippen LogP) is 3.35. The van der Waals surface area contributed by atoms with Gasteiger partial charge in [-0.2, -0.15) is 0 Å². The van der Waals surface area contributed by atoms with Crippen molar-refractivity contribution in [3.8, 4) is 11.5 Å². The highest BCUT2D eigenvalue weighted by Gasteiger charge is 2.19. The van der Waals surface area contributed by atoms with Crippen LogP contribution in [0.4, 0.5) is 0 Å². The second kappa shape index (κ2) is 10.4. The lowest BCUT2D eigenvalue weighted by atomic mass is 10.2. The number of aliphatic hydroxyl groups is 1. The van der Waals surface area contributed by atoms with Gasteiger partial charge in [-0.05, 0) is 38.1 Å². The zero-order chi connectivity index (χ0) is 21.6. The van der Waals surface area contributed by atoms with Gasteiger partial charge in [-0.1, -0.05) is 17.7 Å². The van der Waals surface area contributed by atoms with Gasteiger partial charge in [0.1, 0.15) is 30.8 Å². The van der Waals surface area contributed by atoms with E-state index in [0.717, 1.165) is 59.4 Å². The lowest BCUT2D eigenvalue weighted by Crippen LogP contribution is -2.50. The molecule has 1 saturated heterocycles. The Hall–Kier alpha value is -2.19. The maximum Gasteiger partial charge on any atom is 0.121 e. The van der Waals surface area contributed by atoms with E-state index in [4.69, 9.17) is 9.47 Å². The van der Waals surface area contributed by atoms with Gasteiger partial charge in [0.15, 0.2) is 0 Å². The fourth-order valence-corrected chi connectivity index (χ4v) is 4.59. The van der Waals surface area contributed by atoms with E-state index in [0.29, 0.717) is 19.8 Å². The smallest absolute Gasteiger partial charge is 0.121 e. The standard InChI is InChI=1S/C24H31N3O3S/c1-18-3-5-21(6-4-18)29-14-13-26-9-11-27(12-10-26)16-20(28)17-30-22-7-8-24-23(15-22)25-19(2)31-24/h3-8,15,20,28H,9-14,16-17H2,1-2H3/t20-/m1/s1. The second-order valence-corrected chi connectivity index (χ2v) is 9.37. The van der Waals surface area contributed by atoms with Crippen LogP contribution in [0, 0.1) is 13.8 Å². The Morgan fingerprint density at radius 2 is 1.68 bits per heavy atom. The molecule has 31 heavy (non-hydrogen) atoms. The van der Waals surface area contributed by atoms with Gasteiger partial charge < -0.3 is 14.6 Å². The molecule has 1 atom stereocenters. The predicted molar refractivity (Wildman–Crippen MR) is 125 cm³/mol. The summed E-state index contributed by atoms with van der Waals surface area (Å²) in [5, 5.41) is 11.5. The number of hydrogen-bond acceptors (Lipinski definition) is 7. The van der Waals surface area contributed by atoms with Crippen LogP contribution in [0.1, 0.15) is 10.6 Å². The molecule has 7 heteroatoms. The molecule has 1 N–H and O–H groups in total. The lowest BCUT2D eigenvalue weighted by Gasteiger charge is -2.35. The summed E-state index contributed by atoms with van der Waals surface area (Å²) in [5.41, 5.74) is 2.20. The van der Waals surface area contributed by atoms with Gasteiger partial charge >= 0.3 is 0 Å². The van der Waals surface area contributed by atoms with Crippen molar-refractivity contribution >= 4 is 21.6 Å². The van der Waals surface area contributed by atoms with Crippen LogP contribution in [-0.4, -0.2) is 78.5 Å². The van der Waals surface area contributed by atoms with E-state index in [9.17, 15) is 5.11 Å². The number of nitrogens with zero attached hydrogens (tertiary/aromatic N) is 3. The molecule has 1 aromatic heterocycles. The van der Waals surface area contributed by atoms with Crippen LogP contribution in [0.3, 0.4) is 0 Å². The number of aliphatic hydroxyl groups excluding tert-OH is 1. The summed E-state index contributed by atoms with van der Waals surface area (Å²) < 4.78 is 12.8. The first-order chi connectivity index (χ1) is 15.0. The zero-order valence-electron chi connectivity index (χ0n) is 18.3. The molecule has 0 amide bonds. The maximum absolute atomic E-state index is 10.4. The topological polar surface area (TPSA) is 58.1 Å². The average Bonchev–Trinajstić information content (AvgIpc) is 3.14. The fraction of sp³-hybridized carbons (Fsp3) is 0.458. The highest BCUT2D eigenvalue weighted by Crippen LogP contribution is 2.25. The Morgan fingerprint density at radius 1 is 0.968 bits per heavy atom. The number of hydrogen-bond donors (Lipinski definition) is 1. The minimum atomic E-state index is -0.510. The fourth-order valence-electron chi connectivity index (χ4n) is 3.78. The first kappa shape index (κ1) is 22.0. The summed E-state index contributed by atoms with van der Waals surface area (Å²) in [7, 11) is 0. The Labute approximate surface area is 188 Å². The van der Waals surface area contributed by atoms with Crippen molar-refractivity contribution in [2.45, 2.75) is 20.0 Å². The minimum absolute atomic E-state index is 0.291. The molecule has 0 spiro atoms. The normalized spacial score (nSPS) is 16.5. The molecule has 0 bridgehead atoms. The Bertz CT molecular complexity index is 968. The van der Waals surface area contributed by atoms with Crippen LogP contribution in [0.2, 0.25) is 0 Å². The van der Waals surface area contributed by atoms with Crippen molar-refractivity contribution in [1.82, 2.24) is 14.8 Å². The highest BCUT2D eigenvalue weighted by molar-refractivity contribution is 7.18. The van der Waals surface area contributed by atoms with Crippen LogP contribution >= 0.6 is 11.3 Å². The third kappa shape index (κ3) is 6.40. The molecule has 0 saturated carbocycles. The van der Waals surface area contributed by atoms with Gasteiger partial charge in [0, 0.05) is 45.3 Å². The van der Waals surface area contributed by atoms with E-state index in [-0.39, 0.29) is 0 Å². The first-order valence-electron chi connectivity index (χ1n) is 10.9.